The van der Waals surface area contributed by atoms with Crippen LogP contribution in [0, 0.1) is 0 Å². The van der Waals surface area contributed by atoms with E-state index in [2.05, 4.69) is 222 Å². The Morgan fingerprint density at radius 3 is 1.50 bits per heavy atom. The van der Waals surface area contributed by atoms with Crippen LogP contribution in [0.1, 0.15) is 74.9 Å². The first-order valence-electron chi connectivity index (χ1n) is 20.8. The highest BCUT2D eigenvalue weighted by Gasteiger charge is 2.40. The minimum absolute atomic E-state index is 0.0478. The lowest BCUT2D eigenvalue weighted by molar-refractivity contribution is 0.660. The Balaban J connectivity index is 1.11. The fraction of sp³-hybridized carbons (Fsp3) is 0.158. The van der Waals surface area contributed by atoms with Crippen molar-refractivity contribution in [2.75, 3.05) is 4.90 Å². The highest BCUT2D eigenvalue weighted by Crippen LogP contribution is 2.57. The van der Waals surface area contributed by atoms with Gasteiger partial charge in [0.15, 0.2) is 0 Å². The van der Waals surface area contributed by atoms with Crippen LogP contribution in [-0.2, 0) is 16.2 Å². The summed E-state index contributed by atoms with van der Waals surface area (Å²) >= 11 is 0. The molecule has 58 heavy (non-hydrogen) atoms. The van der Waals surface area contributed by atoms with Gasteiger partial charge in [0.05, 0.1) is 11.4 Å². The van der Waals surface area contributed by atoms with Crippen molar-refractivity contribution in [3.8, 4) is 55.6 Å². The minimum atomic E-state index is -0.193. The van der Waals surface area contributed by atoms with Crippen LogP contribution in [-0.4, -0.2) is 0 Å². The van der Waals surface area contributed by atoms with Crippen molar-refractivity contribution >= 4 is 17.1 Å². The molecule has 8 aromatic carbocycles. The number of nitrogens with zero attached hydrogens (tertiary/aromatic N) is 1. The first kappa shape index (κ1) is 34.8. The molecule has 1 heteroatoms. The van der Waals surface area contributed by atoms with Crippen LogP contribution in [0.5, 0.6) is 0 Å². The topological polar surface area (TPSA) is 3.24 Å². The average Bonchev–Trinajstić information content (AvgIpc) is 3.74. The van der Waals surface area contributed by atoms with Crippen molar-refractivity contribution in [3.63, 3.8) is 0 Å². The van der Waals surface area contributed by atoms with Gasteiger partial charge in [-0.1, -0.05) is 187 Å². The van der Waals surface area contributed by atoms with E-state index in [4.69, 9.17) is 0 Å². The van der Waals surface area contributed by atoms with Crippen LogP contribution in [0.3, 0.4) is 0 Å². The van der Waals surface area contributed by atoms with E-state index >= 15 is 0 Å². The van der Waals surface area contributed by atoms with E-state index in [1.807, 2.05) is 0 Å². The van der Waals surface area contributed by atoms with Crippen LogP contribution in [0.2, 0.25) is 0 Å². The molecule has 0 aromatic heterocycles. The molecule has 8 aromatic rings. The Morgan fingerprint density at radius 2 is 0.776 bits per heavy atom. The Bertz CT molecular complexity index is 2970. The van der Waals surface area contributed by atoms with Gasteiger partial charge in [-0.15, -0.1) is 0 Å². The molecule has 0 atom stereocenters. The third kappa shape index (κ3) is 4.77. The second kappa shape index (κ2) is 12.3. The summed E-state index contributed by atoms with van der Waals surface area (Å²) in [7, 11) is 0. The summed E-state index contributed by atoms with van der Waals surface area (Å²) in [6, 6.07) is 66.1. The summed E-state index contributed by atoms with van der Waals surface area (Å²) in [5.41, 5.74) is 24.5. The van der Waals surface area contributed by atoms with Crippen molar-refractivity contribution < 1.29 is 0 Å². The fourth-order valence-corrected chi connectivity index (χ4v) is 11.0. The molecule has 0 fully saturated rings. The van der Waals surface area contributed by atoms with Gasteiger partial charge >= 0.3 is 0 Å². The monoisotopic (exact) mass is 745 g/mol. The molecule has 0 N–H and O–H groups in total. The fourth-order valence-electron chi connectivity index (χ4n) is 11.0. The second-order valence-electron chi connectivity index (χ2n) is 18.1. The van der Waals surface area contributed by atoms with E-state index < -0.39 is 0 Å². The van der Waals surface area contributed by atoms with Crippen LogP contribution < -0.4 is 4.90 Å². The summed E-state index contributed by atoms with van der Waals surface area (Å²) in [6.45, 7) is 14.2. The Hall–Kier alpha value is -6.44. The third-order valence-corrected chi connectivity index (χ3v) is 13.9. The molecule has 0 saturated heterocycles. The minimum Gasteiger partial charge on any atom is -0.310 e. The molecular formula is C57H47N. The number of hydrogen-bond acceptors (Lipinski definition) is 1. The molecule has 0 amide bonds. The SMILES string of the molecule is CC1(C)c2ccccc2-c2ccc(-c3ccc(N(c4ccccc4-c4cccc5c4-c4ccccc4C5(C)C)c4cccc5c4C(C)(C)c4ccccc4-5)cc3)cc21. The smallest absolute Gasteiger partial charge is 0.0540 e. The molecule has 0 saturated carbocycles. The maximum atomic E-state index is 2.54. The van der Waals surface area contributed by atoms with E-state index in [1.165, 1.54) is 100 Å². The predicted octanol–water partition coefficient (Wildman–Crippen LogP) is 15.4. The predicted molar refractivity (Wildman–Crippen MR) is 245 cm³/mol. The van der Waals surface area contributed by atoms with Gasteiger partial charge in [-0.2, -0.15) is 0 Å². The van der Waals surface area contributed by atoms with Gasteiger partial charge in [-0.25, -0.2) is 0 Å². The Kier molecular flexibility index (Phi) is 7.36. The van der Waals surface area contributed by atoms with Crippen molar-refractivity contribution in [3.05, 3.63) is 209 Å². The van der Waals surface area contributed by atoms with E-state index in [9.17, 15) is 0 Å². The number of benzene rings is 8. The first-order chi connectivity index (χ1) is 28.1. The number of hydrogen-bond donors (Lipinski definition) is 0. The standard InChI is InChI=1S/C57H47N/c1-55(2)48-25-13-9-20-45(48)53-43(21-15-26-49(53)55)42-19-10-14-27-51(42)58(52-28-16-22-44-40-18-8-12-24-47(40)57(5,6)54(44)52)38-32-29-36(30-33-38)37-31-34-41-39-17-7-11-23-46(39)56(3,4)50(41)35-37/h7-35H,1-6H3. The molecule has 11 rings (SSSR count). The zero-order valence-electron chi connectivity index (χ0n) is 34.2. The van der Waals surface area contributed by atoms with E-state index in [1.54, 1.807) is 0 Å². The molecular weight excluding hydrogens is 699 g/mol. The molecule has 0 aliphatic heterocycles. The maximum Gasteiger partial charge on any atom is 0.0540 e. The number of fused-ring (bicyclic) bond motifs is 9. The highest BCUT2D eigenvalue weighted by molar-refractivity contribution is 6.00. The van der Waals surface area contributed by atoms with Crippen LogP contribution >= 0.6 is 0 Å². The number of anilines is 3. The van der Waals surface area contributed by atoms with Gasteiger partial charge in [0.1, 0.15) is 0 Å². The first-order valence-corrected chi connectivity index (χ1v) is 20.8. The molecule has 0 radical (unpaired) electrons. The summed E-state index contributed by atoms with van der Waals surface area (Å²) < 4.78 is 0. The van der Waals surface area contributed by atoms with E-state index in [0.717, 1.165) is 5.69 Å². The average molecular weight is 746 g/mol. The normalized spacial score (nSPS) is 15.5. The van der Waals surface area contributed by atoms with Crippen molar-refractivity contribution in [1.29, 1.82) is 0 Å². The summed E-state index contributed by atoms with van der Waals surface area (Å²) in [5.74, 6) is 0. The molecule has 0 bridgehead atoms. The van der Waals surface area contributed by atoms with Gasteiger partial charge in [0, 0.05) is 27.5 Å². The van der Waals surface area contributed by atoms with Crippen LogP contribution in [0.15, 0.2) is 176 Å². The van der Waals surface area contributed by atoms with E-state index in [-0.39, 0.29) is 16.2 Å². The van der Waals surface area contributed by atoms with Gasteiger partial charge in [-0.05, 0) is 114 Å². The summed E-state index contributed by atoms with van der Waals surface area (Å²) in [6.07, 6.45) is 0. The largest absolute Gasteiger partial charge is 0.310 e. The second-order valence-corrected chi connectivity index (χ2v) is 18.1. The van der Waals surface area contributed by atoms with Crippen LogP contribution in [0.25, 0.3) is 55.6 Å². The summed E-state index contributed by atoms with van der Waals surface area (Å²) in [5, 5.41) is 0. The van der Waals surface area contributed by atoms with E-state index in [0.29, 0.717) is 0 Å². The lowest BCUT2D eigenvalue weighted by atomic mass is 9.81. The number of rotatable bonds is 5. The van der Waals surface area contributed by atoms with Gasteiger partial charge in [-0.3, -0.25) is 0 Å². The Morgan fingerprint density at radius 1 is 0.310 bits per heavy atom. The van der Waals surface area contributed by atoms with Gasteiger partial charge < -0.3 is 4.90 Å². The third-order valence-electron chi connectivity index (χ3n) is 13.9. The quantitative estimate of drug-likeness (QED) is 0.170. The van der Waals surface area contributed by atoms with Crippen LogP contribution in [0.4, 0.5) is 17.1 Å². The molecule has 1 nitrogen and oxygen atoms in total. The molecule has 3 aliphatic carbocycles. The van der Waals surface area contributed by atoms with Gasteiger partial charge in [0.25, 0.3) is 0 Å². The summed E-state index contributed by atoms with van der Waals surface area (Å²) in [4.78, 5) is 2.54. The zero-order valence-corrected chi connectivity index (χ0v) is 34.2. The van der Waals surface area contributed by atoms with Gasteiger partial charge in [0.2, 0.25) is 0 Å². The Labute approximate surface area is 343 Å². The highest BCUT2D eigenvalue weighted by atomic mass is 15.1. The molecule has 0 unspecified atom stereocenters. The molecule has 3 aliphatic rings. The zero-order chi connectivity index (χ0) is 39.6. The molecule has 0 heterocycles. The van der Waals surface area contributed by atoms with Crippen molar-refractivity contribution in [1.82, 2.24) is 0 Å². The lowest BCUT2D eigenvalue weighted by Crippen LogP contribution is -2.21. The lowest BCUT2D eigenvalue weighted by Gasteiger charge is -2.33. The maximum absolute atomic E-state index is 2.54. The molecule has 280 valence electrons. The molecule has 0 spiro atoms. The van der Waals surface area contributed by atoms with Crippen molar-refractivity contribution in [2.45, 2.75) is 57.8 Å². The number of para-hydroxylation sites is 1. The van der Waals surface area contributed by atoms with Crippen molar-refractivity contribution in [2.24, 2.45) is 0 Å².